The number of furan rings is 1. The predicted octanol–water partition coefficient (Wildman–Crippen LogP) is 4.45. The highest BCUT2D eigenvalue weighted by molar-refractivity contribution is 7.89. The highest BCUT2D eigenvalue weighted by Crippen LogP contribution is 2.21. The monoisotopic (exact) mass is 436 g/mol. The van der Waals surface area contributed by atoms with Gasteiger partial charge in [-0.3, -0.25) is 4.79 Å². The Balaban J connectivity index is 1.69. The van der Waals surface area contributed by atoms with E-state index in [-0.39, 0.29) is 22.2 Å². The SMILES string of the molecule is Cc1ccc(S(=O)(=O)N(C)Cc2ccc(C(=O)Nc3ccc(F)c(Cl)c3)o2)cc1. The number of hydrogen-bond acceptors (Lipinski definition) is 4. The molecule has 1 aromatic heterocycles. The highest BCUT2D eigenvalue weighted by Gasteiger charge is 2.22. The van der Waals surface area contributed by atoms with E-state index in [1.807, 2.05) is 6.92 Å². The first-order valence-electron chi connectivity index (χ1n) is 8.55. The molecular weight excluding hydrogens is 419 g/mol. The second-order valence-electron chi connectivity index (χ2n) is 6.42. The van der Waals surface area contributed by atoms with Gasteiger partial charge in [-0.15, -0.1) is 0 Å². The Labute approximate surface area is 173 Å². The normalized spacial score (nSPS) is 11.6. The van der Waals surface area contributed by atoms with Crippen LogP contribution in [-0.2, 0) is 16.6 Å². The molecule has 0 radical (unpaired) electrons. The summed E-state index contributed by atoms with van der Waals surface area (Å²) in [6.45, 7) is 1.82. The molecule has 0 saturated carbocycles. The Morgan fingerprint density at radius 2 is 1.83 bits per heavy atom. The van der Waals surface area contributed by atoms with Crippen LogP contribution in [0.2, 0.25) is 5.02 Å². The summed E-state index contributed by atoms with van der Waals surface area (Å²) in [4.78, 5) is 12.5. The molecule has 3 rings (SSSR count). The largest absolute Gasteiger partial charge is 0.455 e. The van der Waals surface area contributed by atoms with Gasteiger partial charge in [-0.1, -0.05) is 29.3 Å². The van der Waals surface area contributed by atoms with Gasteiger partial charge in [0.15, 0.2) is 5.76 Å². The van der Waals surface area contributed by atoms with E-state index >= 15 is 0 Å². The Kier molecular flexibility index (Phi) is 6.07. The van der Waals surface area contributed by atoms with Crippen molar-refractivity contribution < 1.29 is 22.0 Å². The maximum absolute atomic E-state index is 13.2. The van der Waals surface area contributed by atoms with Gasteiger partial charge < -0.3 is 9.73 Å². The molecule has 0 bridgehead atoms. The number of sulfonamides is 1. The average molecular weight is 437 g/mol. The lowest BCUT2D eigenvalue weighted by atomic mass is 10.2. The van der Waals surface area contributed by atoms with Gasteiger partial charge in [0.05, 0.1) is 16.5 Å². The van der Waals surface area contributed by atoms with Crippen LogP contribution in [0, 0.1) is 12.7 Å². The number of aryl methyl sites for hydroxylation is 1. The number of carbonyl (C=O) groups is 1. The summed E-state index contributed by atoms with van der Waals surface area (Å²) >= 11 is 5.69. The molecule has 0 atom stereocenters. The molecule has 0 fully saturated rings. The third-order valence-electron chi connectivity index (χ3n) is 4.17. The Bertz CT molecular complexity index is 1140. The zero-order valence-electron chi connectivity index (χ0n) is 15.6. The second kappa shape index (κ2) is 8.36. The van der Waals surface area contributed by atoms with Crippen molar-refractivity contribution in [3.63, 3.8) is 0 Å². The Morgan fingerprint density at radius 1 is 1.14 bits per heavy atom. The first-order chi connectivity index (χ1) is 13.7. The molecule has 29 heavy (non-hydrogen) atoms. The summed E-state index contributed by atoms with van der Waals surface area (Å²) < 4.78 is 45.1. The average Bonchev–Trinajstić information content (AvgIpc) is 3.14. The number of amides is 1. The molecule has 1 N–H and O–H groups in total. The molecule has 9 heteroatoms. The van der Waals surface area contributed by atoms with Crippen molar-refractivity contribution in [3.05, 3.63) is 82.5 Å². The standard InChI is InChI=1S/C20H18ClFN2O4S/c1-13-3-7-16(8-4-13)29(26,27)24(2)12-15-6-10-19(28-15)20(25)23-14-5-9-18(22)17(21)11-14/h3-11H,12H2,1-2H3,(H,23,25). The van der Waals surface area contributed by atoms with Gasteiger partial charge in [-0.25, -0.2) is 12.8 Å². The summed E-state index contributed by atoms with van der Waals surface area (Å²) in [6.07, 6.45) is 0. The number of benzene rings is 2. The molecule has 0 aliphatic rings. The van der Waals surface area contributed by atoms with Gasteiger partial charge in [0, 0.05) is 12.7 Å². The maximum Gasteiger partial charge on any atom is 0.291 e. The van der Waals surface area contributed by atoms with Crippen LogP contribution in [0.1, 0.15) is 21.9 Å². The molecule has 1 heterocycles. The fourth-order valence-corrected chi connectivity index (χ4v) is 3.86. The van der Waals surface area contributed by atoms with Crippen LogP contribution < -0.4 is 5.32 Å². The number of anilines is 1. The zero-order chi connectivity index (χ0) is 21.2. The van der Waals surface area contributed by atoms with Crippen molar-refractivity contribution in [3.8, 4) is 0 Å². The number of halogens is 2. The van der Waals surface area contributed by atoms with Crippen molar-refractivity contribution in [2.24, 2.45) is 0 Å². The molecule has 0 aliphatic heterocycles. The van der Waals surface area contributed by atoms with E-state index in [9.17, 15) is 17.6 Å². The van der Waals surface area contributed by atoms with Crippen LogP contribution in [0.3, 0.4) is 0 Å². The molecule has 152 valence electrons. The van der Waals surface area contributed by atoms with E-state index < -0.39 is 21.7 Å². The minimum atomic E-state index is -3.70. The second-order valence-corrected chi connectivity index (χ2v) is 8.88. The molecule has 1 amide bonds. The predicted molar refractivity (Wildman–Crippen MR) is 108 cm³/mol. The smallest absolute Gasteiger partial charge is 0.291 e. The quantitative estimate of drug-likeness (QED) is 0.619. The first-order valence-corrected chi connectivity index (χ1v) is 10.4. The summed E-state index contributed by atoms with van der Waals surface area (Å²) in [6, 6.07) is 13.2. The van der Waals surface area contributed by atoms with E-state index in [0.717, 1.165) is 15.9 Å². The number of rotatable bonds is 6. The number of hydrogen-bond donors (Lipinski definition) is 1. The number of nitrogens with one attached hydrogen (secondary N) is 1. The molecular formula is C20H18ClFN2O4S. The molecule has 0 spiro atoms. The number of carbonyl (C=O) groups excluding carboxylic acids is 1. The first kappa shape index (κ1) is 21.0. The molecule has 3 aromatic rings. The van der Waals surface area contributed by atoms with Crippen molar-refractivity contribution >= 4 is 33.2 Å². The third-order valence-corrected chi connectivity index (χ3v) is 6.28. The van der Waals surface area contributed by atoms with Gasteiger partial charge >= 0.3 is 0 Å². The maximum atomic E-state index is 13.2. The Morgan fingerprint density at radius 3 is 2.48 bits per heavy atom. The lowest BCUT2D eigenvalue weighted by Crippen LogP contribution is -2.26. The fraction of sp³-hybridized carbons (Fsp3) is 0.150. The fourth-order valence-electron chi connectivity index (χ4n) is 2.55. The van der Waals surface area contributed by atoms with Gasteiger partial charge in [0.2, 0.25) is 10.0 Å². The molecule has 0 aliphatic carbocycles. The van der Waals surface area contributed by atoms with E-state index in [1.165, 1.54) is 43.4 Å². The van der Waals surface area contributed by atoms with Gasteiger partial charge in [-0.05, 0) is 49.4 Å². The van der Waals surface area contributed by atoms with Crippen molar-refractivity contribution in [2.45, 2.75) is 18.4 Å². The minimum Gasteiger partial charge on any atom is -0.455 e. The van der Waals surface area contributed by atoms with Gasteiger partial charge in [0.1, 0.15) is 11.6 Å². The van der Waals surface area contributed by atoms with E-state index in [0.29, 0.717) is 11.4 Å². The van der Waals surface area contributed by atoms with E-state index in [2.05, 4.69) is 5.32 Å². The summed E-state index contributed by atoms with van der Waals surface area (Å²) in [5.41, 5.74) is 1.26. The summed E-state index contributed by atoms with van der Waals surface area (Å²) in [5.74, 6) is -0.877. The highest BCUT2D eigenvalue weighted by atomic mass is 35.5. The van der Waals surface area contributed by atoms with Crippen LogP contribution in [0.4, 0.5) is 10.1 Å². The van der Waals surface area contributed by atoms with Gasteiger partial charge in [-0.2, -0.15) is 4.31 Å². The topological polar surface area (TPSA) is 79.6 Å². The number of nitrogens with zero attached hydrogens (tertiary/aromatic N) is 1. The van der Waals surface area contributed by atoms with Crippen LogP contribution in [-0.4, -0.2) is 25.7 Å². The Hall–Kier alpha value is -2.68. The third kappa shape index (κ3) is 4.84. The van der Waals surface area contributed by atoms with Crippen molar-refractivity contribution in [2.75, 3.05) is 12.4 Å². The van der Waals surface area contributed by atoms with Crippen LogP contribution >= 0.6 is 11.6 Å². The van der Waals surface area contributed by atoms with E-state index in [4.69, 9.17) is 16.0 Å². The molecule has 0 saturated heterocycles. The zero-order valence-corrected chi connectivity index (χ0v) is 17.2. The van der Waals surface area contributed by atoms with Crippen LogP contribution in [0.25, 0.3) is 0 Å². The summed E-state index contributed by atoms with van der Waals surface area (Å²) in [7, 11) is -2.27. The summed E-state index contributed by atoms with van der Waals surface area (Å²) in [5, 5.41) is 2.42. The van der Waals surface area contributed by atoms with Crippen molar-refractivity contribution in [1.29, 1.82) is 0 Å². The molecule has 6 nitrogen and oxygen atoms in total. The molecule has 0 unspecified atom stereocenters. The van der Waals surface area contributed by atoms with Crippen LogP contribution in [0.15, 0.2) is 63.9 Å². The molecule has 2 aromatic carbocycles. The van der Waals surface area contributed by atoms with Gasteiger partial charge in [0.25, 0.3) is 5.91 Å². The van der Waals surface area contributed by atoms with Crippen molar-refractivity contribution in [1.82, 2.24) is 4.31 Å². The minimum absolute atomic E-state index is 0.0124. The lowest BCUT2D eigenvalue weighted by Gasteiger charge is -2.16. The lowest BCUT2D eigenvalue weighted by molar-refractivity contribution is 0.0994. The van der Waals surface area contributed by atoms with E-state index in [1.54, 1.807) is 12.1 Å². The van der Waals surface area contributed by atoms with Crippen LogP contribution in [0.5, 0.6) is 0 Å².